The van der Waals surface area contributed by atoms with Crippen molar-refractivity contribution in [1.29, 1.82) is 0 Å². The molecule has 0 amide bonds. The van der Waals surface area contributed by atoms with Crippen molar-refractivity contribution in [2.75, 3.05) is 13.7 Å². The fourth-order valence-electron chi connectivity index (χ4n) is 4.54. The van der Waals surface area contributed by atoms with Gasteiger partial charge in [-0.05, 0) is 85.8 Å². The summed E-state index contributed by atoms with van der Waals surface area (Å²) in [5.41, 5.74) is 11.0. The summed E-state index contributed by atoms with van der Waals surface area (Å²) in [7, 11) is 1.64. The zero-order chi connectivity index (χ0) is 30.2. The highest BCUT2D eigenvalue weighted by atomic mass is 16.5. The minimum absolute atomic E-state index is 0.0879. The van der Waals surface area contributed by atoms with Crippen molar-refractivity contribution in [2.45, 2.75) is 52.2 Å². The molecular weight excluding hydrogens is 536 g/mol. The highest BCUT2D eigenvalue weighted by molar-refractivity contribution is 5.78. The average molecular weight is 573 g/mol. The minimum atomic E-state index is -1.06. The molecule has 1 aromatic heterocycles. The summed E-state index contributed by atoms with van der Waals surface area (Å²) in [4.78, 5) is 28.4. The molecule has 3 aromatic carbocycles. The number of aromatic nitrogens is 1. The van der Waals surface area contributed by atoms with Crippen LogP contribution in [0.15, 0.2) is 71.1 Å². The number of aryl methyl sites for hydroxylation is 2. The number of hydrogen-bond donors (Lipinski definition) is 2. The van der Waals surface area contributed by atoms with Crippen molar-refractivity contribution in [3.8, 4) is 34.1 Å². The highest BCUT2D eigenvalue weighted by Crippen LogP contribution is 2.30. The van der Waals surface area contributed by atoms with Crippen LogP contribution in [-0.4, -0.2) is 41.8 Å². The molecule has 0 bridgehead atoms. The third-order valence-electron chi connectivity index (χ3n) is 6.68. The summed E-state index contributed by atoms with van der Waals surface area (Å²) in [6.07, 6.45) is 0.302. The number of rotatable bonds is 13. The van der Waals surface area contributed by atoms with Crippen LogP contribution in [0, 0.1) is 6.92 Å². The molecule has 9 nitrogen and oxygen atoms in total. The lowest BCUT2D eigenvalue weighted by Gasteiger charge is -2.18. The highest BCUT2D eigenvalue weighted by Gasteiger charge is 2.23. The Labute approximate surface area is 245 Å². The van der Waals surface area contributed by atoms with E-state index in [0.29, 0.717) is 41.6 Å². The van der Waals surface area contributed by atoms with Gasteiger partial charge >= 0.3 is 11.9 Å². The van der Waals surface area contributed by atoms with Crippen molar-refractivity contribution in [1.82, 2.24) is 4.98 Å². The van der Waals surface area contributed by atoms with Gasteiger partial charge in [-0.3, -0.25) is 4.79 Å². The van der Waals surface area contributed by atoms with Gasteiger partial charge in [0.25, 0.3) is 0 Å². The van der Waals surface area contributed by atoms with Crippen molar-refractivity contribution >= 4 is 11.9 Å². The summed E-state index contributed by atoms with van der Waals surface area (Å²) in [6, 6.07) is 19.9. The average Bonchev–Trinajstić information content (AvgIpc) is 3.35. The molecule has 1 atom stereocenters. The molecule has 1 unspecified atom stereocenters. The molecule has 0 aliphatic heterocycles. The van der Waals surface area contributed by atoms with Gasteiger partial charge in [-0.2, -0.15) is 0 Å². The minimum Gasteiger partial charge on any atom is -0.497 e. The lowest BCUT2D eigenvalue weighted by Crippen LogP contribution is -2.27. The Morgan fingerprint density at radius 1 is 0.952 bits per heavy atom. The molecule has 0 aliphatic rings. The summed E-state index contributed by atoms with van der Waals surface area (Å²) in [5.74, 6) is 0.986. The van der Waals surface area contributed by atoms with Crippen LogP contribution in [0.2, 0.25) is 0 Å². The van der Waals surface area contributed by atoms with E-state index in [1.807, 2.05) is 55.5 Å². The molecule has 1 heterocycles. The number of esters is 1. The van der Waals surface area contributed by atoms with Gasteiger partial charge in [0.2, 0.25) is 5.89 Å². The molecule has 0 spiro atoms. The summed E-state index contributed by atoms with van der Waals surface area (Å²) in [6.45, 7) is 5.65. The van der Waals surface area contributed by atoms with Crippen molar-refractivity contribution in [3.63, 3.8) is 0 Å². The molecule has 42 heavy (non-hydrogen) atoms. The molecule has 0 aliphatic carbocycles. The maximum Gasteiger partial charge on any atom is 0.327 e. The molecule has 0 saturated carbocycles. The number of carboxylic acids is 1. The van der Waals surface area contributed by atoms with Crippen LogP contribution < -0.4 is 15.2 Å². The largest absolute Gasteiger partial charge is 0.497 e. The number of carbonyl (C=O) groups is 2. The van der Waals surface area contributed by atoms with E-state index in [-0.39, 0.29) is 18.9 Å². The van der Waals surface area contributed by atoms with Crippen LogP contribution in [-0.2, 0) is 27.2 Å². The molecule has 4 rings (SSSR count). The van der Waals surface area contributed by atoms with E-state index in [9.17, 15) is 9.59 Å². The first-order chi connectivity index (χ1) is 20.1. The number of nitrogens with zero attached hydrogens (tertiary/aromatic N) is 1. The van der Waals surface area contributed by atoms with Gasteiger partial charge in [-0.15, -0.1) is 0 Å². The maximum atomic E-state index is 12.5. The number of aliphatic carboxylic acids is 1. The summed E-state index contributed by atoms with van der Waals surface area (Å²) < 4.78 is 22.6. The van der Waals surface area contributed by atoms with Gasteiger partial charge < -0.3 is 29.5 Å². The summed E-state index contributed by atoms with van der Waals surface area (Å²) in [5, 5.41) is 9.13. The van der Waals surface area contributed by atoms with Gasteiger partial charge in [0.1, 0.15) is 23.3 Å². The lowest BCUT2D eigenvalue weighted by molar-refractivity contribution is -0.149. The van der Waals surface area contributed by atoms with Gasteiger partial charge in [0, 0.05) is 18.4 Å². The summed E-state index contributed by atoms with van der Waals surface area (Å²) >= 11 is 0. The number of methoxy groups -OCH3 is 1. The number of carbonyl (C=O) groups excluding carboxylic acids is 1. The Bertz CT molecular complexity index is 1540. The second-order valence-corrected chi connectivity index (χ2v) is 10.2. The van der Waals surface area contributed by atoms with E-state index in [1.54, 1.807) is 39.2 Å². The number of carboxylic acid groups (broad SMARTS) is 1. The Morgan fingerprint density at radius 3 is 2.38 bits per heavy atom. The predicted octanol–water partition coefficient (Wildman–Crippen LogP) is 5.92. The molecule has 4 aromatic rings. The second-order valence-electron chi connectivity index (χ2n) is 10.2. The normalized spacial score (nSPS) is 11.8. The van der Waals surface area contributed by atoms with Crippen LogP contribution in [0.3, 0.4) is 0 Å². The lowest BCUT2D eigenvalue weighted by atomic mass is 9.97. The zero-order valence-corrected chi connectivity index (χ0v) is 24.3. The number of nitrogens with two attached hydrogens (primary N) is 1. The fraction of sp³-hybridized carbons (Fsp3) is 0.303. The third-order valence-corrected chi connectivity index (χ3v) is 6.68. The van der Waals surface area contributed by atoms with Gasteiger partial charge in [0.05, 0.1) is 25.5 Å². The van der Waals surface area contributed by atoms with Crippen molar-refractivity contribution in [2.24, 2.45) is 5.73 Å². The Kier molecular flexibility index (Phi) is 9.98. The maximum absolute atomic E-state index is 12.5. The van der Waals surface area contributed by atoms with Crippen LogP contribution in [0.1, 0.15) is 48.9 Å². The molecule has 3 N–H and O–H groups in total. The Balaban J connectivity index is 1.46. The van der Waals surface area contributed by atoms with E-state index in [2.05, 4.69) is 0 Å². The van der Waals surface area contributed by atoms with E-state index >= 15 is 0 Å². The van der Waals surface area contributed by atoms with Crippen LogP contribution in [0.4, 0.5) is 0 Å². The SMILES string of the molecule is COc1cccc(-c2cccc(-c3nc(CCOc4ccc(CCC(=O)O)c(C(N)C(=O)OC(C)C)c4)c(C)o3)c2)c1. The number of benzene rings is 3. The number of oxazole rings is 1. The van der Waals surface area contributed by atoms with Crippen molar-refractivity contribution < 1.29 is 33.3 Å². The second kappa shape index (κ2) is 13.8. The fourth-order valence-corrected chi connectivity index (χ4v) is 4.54. The molecule has 9 heteroatoms. The Hall–Kier alpha value is -4.63. The Morgan fingerprint density at radius 2 is 1.67 bits per heavy atom. The third kappa shape index (κ3) is 7.76. The van der Waals surface area contributed by atoms with E-state index in [0.717, 1.165) is 28.1 Å². The topological polar surface area (TPSA) is 134 Å². The predicted molar refractivity (Wildman–Crippen MR) is 158 cm³/mol. The van der Waals surface area contributed by atoms with Crippen LogP contribution >= 0.6 is 0 Å². The number of hydrogen-bond acceptors (Lipinski definition) is 8. The van der Waals surface area contributed by atoms with Gasteiger partial charge in [0.15, 0.2) is 0 Å². The molecule has 0 radical (unpaired) electrons. The zero-order valence-electron chi connectivity index (χ0n) is 24.3. The monoisotopic (exact) mass is 572 g/mol. The molecule has 0 fully saturated rings. The molecule has 0 saturated heterocycles. The smallest absolute Gasteiger partial charge is 0.327 e. The van der Waals surface area contributed by atoms with E-state index in [4.69, 9.17) is 34.5 Å². The standard InChI is InChI=1S/C33H36N2O7/c1-20(2)41-33(38)31(34)28-19-27(13-11-22(28)12-14-30(36)37)40-16-15-29-21(3)42-32(35-29)25-9-5-7-23(17-25)24-8-6-10-26(18-24)39-4/h5-11,13,17-20,31H,12,14-16,34H2,1-4H3,(H,36,37). The van der Waals surface area contributed by atoms with Crippen molar-refractivity contribution in [3.05, 3.63) is 89.3 Å². The quantitative estimate of drug-likeness (QED) is 0.187. The van der Waals surface area contributed by atoms with Crippen LogP contribution in [0.25, 0.3) is 22.6 Å². The van der Waals surface area contributed by atoms with E-state index < -0.39 is 18.0 Å². The first-order valence-electron chi connectivity index (χ1n) is 13.8. The van der Waals surface area contributed by atoms with Gasteiger partial charge in [-0.1, -0.05) is 30.3 Å². The first-order valence-corrected chi connectivity index (χ1v) is 13.8. The number of ether oxygens (including phenoxy) is 3. The van der Waals surface area contributed by atoms with E-state index in [1.165, 1.54) is 0 Å². The molecule has 220 valence electrons. The van der Waals surface area contributed by atoms with Gasteiger partial charge in [-0.25, -0.2) is 9.78 Å². The first kappa shape index (κ1) is 30.3. The van der Waals surface area contributed by atoms with Crippen LogP contribution in [0.5, 0.6) is 11.5 Å². The molecular formula is C33H36N2O7.